The quantitative estimate of drug-likeness (QED) is 0.811. The van der Waals surface area contributed by atoms with E-state index in [0.29, 0.717) is 26.2 Å². The lowest BCUT2D eigenvalue weighted by Gasteiger charge is -2.38. The third-order valence-electron chi connectivity index (χ3n) is 4.58. The summed E-state index contributed by atoms with van der Waals surface area (Å²) in [6.07, 6.45) is -0.206. The molecule has 2 fully saturated rings. The zero-order valence-electron chi connectivity index (χ0n) is 14.0. The number of amides is 1. The maximum Gasteiger partial charge on any atom is 0.243 e. The van der Waals surface area contributed by atoms with Gasteiger partial charge in [-0.3, -0.25) is 4.79 Å². The van der Waals surface area contributed by atoms with Crippen molar-refractivity contribution in [1.82, 2.24) is 14.5 Å². The van der Waals surface area contributed by atoms with E-state index in [4.69, 9.17) is 4.74 Å². The Morgan fingerprint density at radius 2 is 1.84 bits per heavy atom. The number of benzene rings is 1. The summed E-state index contributed by atoms with van der Waals surface area (Å²) in [5.41, 5.74) is 0. The molecular weight excluding hydrogens is 349 g/mol. The van der Waals surface area contributed by atoms with Crippen LogP contribution in [0.25, 0.3) is 0 Å². The Morgan fingerprint density at radius 1 is 1.20 bits per heavy atom. The highest BCUT2D eigenvalue weighted by Crippen LogP contribution is 2.19. The average molecular weight is 371 g/mol. The number of morpholine rings is 1. The summed E-state index contributed by atoms with van der Waals surface area (Å²) in [7, 11) is -3.68. The van der Waals surface area contributed by atoms with Crippen molar-refractivity contribution in [3.05, 3.63) is 30.1 Å². The second-order valence-electron chi connectivity index (χ2n) is 6.19. The van der Waals surface area contributed by atoms with Gasteiger partial charge in [0.1, 0.15) is 11.9 Å². The average Bonchev–Trinajstić information content (AvgIpc) is 2.62. The second kappa shape index (κ2) is 7.36. The first kappa shape index (κ1) is 18.2. The Hall–Kier alpha value is -1.55. The Labute approximate surface area is 146 Å². The number of piperazine rings is 1. The number of ether oxygens (including phenoxy) is 1. The van der Waals surface area contributed by atoms with Gasteiger partial charge in [-0.25, -0.2) is 12.8 Å². The van der Waals surface area contributed by atoms with Crippen molar-refractivity contribution in [2.24, 2.45) is 0 Å². The van der Waals surface area contributed by atoms with Crippen LogP contribution in [0.1, 0.15) is 6.92 Å². The lowest BCUT2D eigenvalue weighted by Crippen LogP contribution is -2.60. The van der Waals surface area contributed by atoms with Gasteiger partial charge in [0.25, 0.3) is 0 Å². The maximum atomic E-state index is 13.0. The third-order valence-corrected chi connectivity index (χ3v) is 6.50. The molecule has 0 saturated carbocycles. The fourth-order valence-electron chi connectivity index (χ4n) is 3.11. The molecule has 138 valence electrons. The highest BCUT2D eigenvalue weighted by atomic mass is 32.2. The van der Waals surface area contributed by atoms with Gasteiger partial charge < -0.3 is 15.0 Å². The maximum absolute atomic E-state index is 13.0. The van der Waals surface area contributed by atoms with Crippen LogP contribution in [-0.4, -0.2) is 75.0 Å². The van der Waals surface area contributed by atoms with Gasteiger partial charge in [-0.1, -0.05) is 0 Å². The van der Waals surface area contributed by atoms with Gasteiger partial charge >= 0.3 is 0 Å². The van der Waals surface area contributed by atoms with Crippen molar-refractivity contribution in [2.45, 2.75) is 24.0 Å². The number of hydrogen-bond donors (Lipinski definition) is 1. The minimum Gasteiger partial charge on any atom is -0.375 e. The molecule has 7 nitrogen and oxygen atoms in total. The molecule has 0 aliphatic carbocycles. The van der Waals surface area contributed by atoms with Crippen molar-refractivity contribution < 1.29 is 22.3 Å². The van der Waals surface area contributed by atoms with Crippen LogP contribution in [0.15, 0.2) is 29.2 Å². The number of carbonyl (C=O) groups is 1. The summed E-state index contributed by atoms with van der Waals surface area (Å²) in [6, 6.07) is 4.38. The summed E-state index contributed by atoms with van der Waals surface area (Å²) >= 11 is 0. The topological polar surface area (TPSA) is 79.0 Å². The van der Waals surface area contributed by atoms with Crippen LogP contribution >= 0.6 is 0 Å². The molecule has 2 aliphatic rings. The van der Waals surface area contributed by atoms with Crippen LogP contribution in [-0.2, 0) is 19.6 Å². The van der Waals surface area contributed by atoms with E-state index in [2.05, 4.69) is 5.32 Å². The molecule has 2 aliphatic heterocycles. The van der Waals surface area contributed by atoms with Gasteiger partial charge in [-0.2, -0.15) is 4.31 Å². The van der Waals surface area contributed by atoms with Gasteiger partial charge in [0.15, 0.2) is 0 Å². The molecule has 25 heavy (non-hydrogen) atoms. The Bertz CT molecular complexity index is 717. The molecule has 0 radical (unpaired) electrons. The predicted molar refractivity (Wildman–Crippen MR) is 88.9 cm³/mol. The van der Waals surface area contributed by atoms with Crippen molar-refractivity contribution in [2.75, 3.05) is 39.3 Å². The fraction of sp³-hybridized carbons (Fsp3) is 0.562. The number of carbonyl (C=O) groups excluding carboxylic acids is 1. The first-order chi connectivity index (χ1) is 11.9. The molecule has 0 unspecified atom stereocenters. The van der Waals surface area contributed by atoms with Crippen molar-refractivity contribution >= 4 is 15.9 Å². The molecule has 2 saturated heterocycles. The number of nitrogens with one attached hydrogen (secondary N) is 1. The molecule has 0 aromatic heterocycles. The lowest BCUT2D eigenvalue weighted by atomic mass is 10.1. The fourth-order valence-corrected chi connectivity index (χ4v) is 4.53. The van der Waals surface area contributed by atoms with Crippen LogP contribution in [0.4, 0.5) is 4.39 Å². The summed E-state index contributed by atoms with van der Waals surface area (Å²) in [6.45, 7) is 4.13. The van der Waals surface area contributed by atoms with Gasteiger partial charge in [-0.15, -0.1) is 0 Å². The largest absolute Gasteiger partial charge is 0.375 e. The van der Waals surface area contributed by atoms with E-state index in [9.17, 15) is 17.6 Å². The summed E-state index contributed by atoms with van der Waals surface area (Å²) in [5, 5.41) is 3.15. The number of hydrogen-bond acceptors (Lipinski definition) is 5. The van der Waals surface area contributed by atoms with Crippen LogP contribution in [0, 0.1) is 5.82 Å². The first-order valence-electron chi connectivity index (χ1n) is 8.29. The summed E-state index contributed by atoms with van der Waals surface area (Å²) < 4.78 is 45.0. The summed E-state index contributed by atoms with van der Waals surface area (Å²) in [5.74, 6) is -0.545. The van der Waals surface area contributed by atoms with E-state index in [1.165, 1.54) is 16.4 Å². The van der Waals surface area contributed by atoms with Gasteiger partial charge in [0, 0.05) is 32.7 Å². The second-order valence-corrected chi connectivity index (χ2v) is 8.13. The number of rotatable bonds is 3. The molecule has 1 amide bonds. The molecule has 2 heterocycles. The molecular formula is C16H22FN3O4S. The number of sulfonamides is 1. The summed E-state index contributed by atoms with van der Waals surface area (Å²) in [4.78, 5) is 14.3. The van der Waals surface area contributed by atoms with Crippen LogP contribution in [0.2, 0.25) is 0 Å². The Balaban J connectivity index is 1.63. The molecule has 1 N–H and O–H groups in total. The van der Waals surface area contributed by atoms with E-state index in [1.807, 2.05) is 6.92 Å². The molecule has 0 bridgehead atoms. The van der Waals surface area contributed by atoms with E-state index in [1.54, 1.807) is 4.90 Å². The molecule has 2 atom stereocenters. The third kappa shape index (κ3) is 3.84. The predicted octanol–water partition coefficient (Wildman–Crippen LogP) is 0.0355. The molecule has 0 spiro atoms. The minimum atomic E-state index is -3.68. The number of nitrogens with zero attached hydrogens (tertiary/aromatic N) is 2. The smallest absolute Gasteiger partial charge is 0.243 e. The highest BCUT2D eigenvalue weighted by molar-refractivity contribution is 7.89. The lowest BCUT2D eigenvalue weighted by molar-refractivity contribution is -0.140. The zero-order valence-corrected chi connectivity index (χ0v) is 14.8. The molecule has 1 aromatic carbocycles. The van der Waals surface area contributed by atoms with E-state index < -0.39 is 21.9 Å². The Kier molecular flexibility index (Phi) is 5.38. The van der Waals surface area contributed by atoms with E-state index in [0.717, 1.165) is 12.1 Å². The Morgan fingerprint density at radius 3 is 2.44 bits per heavy atom. The highest BCUT2D eigenvalue weighted by Gasteiger charge is 2.35. The van der Waals surface area contributed by atoms with Crippen LogP contribution in [0.3, 0.4) is 0 Å². The number of halogens is 1. The SMILES string of the molecule is C[C@H]1OCCN[C@@H]1C(=O)N1CCN(S(=O)(=O)c2ccc(F)cc2)CC1. The molecule has 3 rings (SSSR count). The van der Waals surface area contributed by atoms with E-state index in [-0.39, 0.29) is 30.0 Å². The monoisotopic (exact) mass is 371 g/mol. The van der Waals surface area contributed by atoms with Gasteiger partial charge in [0.05, 0.1) is 17.6 Å². The first-order valence-corrected chi connectivity index (χ1v) is 9.73. The van der Waals surface area contributed by atoms with Crippen molar-refractivity contribution in [1.29, 1.82) is 0 Å². The molecule has 1 aromatic rings. The van der Waals surface area contributed by atoms with Crippen LogP contribution < -0.4 is 5.32 Å². The van der Waals surface area contributed by atoms with Crippen molar-refractivity contribution in [3.63, 3.8) is 0 Å². The van der Waals surface area contributed by atoms with Crippen molar-refractivity contribution in [3.8, 4) is 0 Å². The zero-order chi connectivity index (χ0) is 18.0. The van der Waals surface area contributed by atoms with Gasteiger partial charge in [0.2, 0.25) is 15.9 Å². The normalized spacial score (nSPS) is 25.8. The minimum absolute atomic E-state index is 0.0599. The van der Waals surface area contributed by atoms with E-state index >= 15 is 0 Å². The van der Waals surface area contributed by atoms with Crippen LogP contribution in [0.5, 0.6) is 0 Å². The standard InChI is InChI=1S/C16H22FN3O4S/c1-12-15(18-6-11-24-12)16(21)19-7-9-20(10-8-19)25(22,23)14-4-2-13(17)3-5-14/h2-5,12,15,18H,6-11H2,1H3/t12-,15+/m1/s1. The van der Waals surface area contributed by atoms with Gasteiger partial charge in [-0.05, 0) is 31.2 Å². The molecule has 9 heteroatoms.